The molecule has 0 aliphatic rings. The second-order valence-corrected chi connectivity index (χ2v) is 6.60. The van der Waals surface area contributed by atoms with Gasteiger partial charge in [0.05, 0.1) is 22.8 Å². The maximum absolute atomic E-state index is 5.73. The van der Waals surface area contributed by atoms with Gasteiger partial charge >= 0.3 is 0 Å². The van der Waals surface area contributed by atoms with Crippen LogP contribution >= 0.6 is 11.8 Å². The first-order valence-corrected chi connectivity index (χ1v) is 8.48. The first-order chi connectivity index (χ1) is 12.2. The number of aromatic nitrogens is 6. The number of aryl methyl sites for hydroxylation is 1. The molecule has 9 heteroatoms. The Bertz CT molecular complexity index is 977. The Morgan fingerprint density at radius 3 is 2.68 bits per heavy atom. The Balaban J connectivity index is 1.56. The number of nitrogens with zero attached hydrogens (tertiary/aromatic N) is 6. The summed E-state index contributed by atoms with van der Waals surface area (Å²) < 4.78 is 12.7. The quantitative estimate of drug-likeness (QED) is 0.503. The average Bonchev–Trinajstić information content (AvgIpc) is 3.35. The second-order valence-electron chi connectivity index (χ2n) is 5.31. The zero-order valence-corrected chi connectivity index (χ0v) is 14.3. The van der Waals surface area contributed by atoms with Gasteiger partial charge in [-0.05, 0) is 42.5 Å². The van der Waals surface area contributed by atoms with E-state index in [0.29, 0.717) is 16.9 Å². The van der Waals surface area contributed by atoms with E-state index < -0.39 is 0 Å². The van der Waals surface area contributed by atoms with E-state index in [-0.39, 0.29) is 5.25 Å². The lowest BCUT2D eigenvalue weighted by molar-refractivity contribution is 0.462. The molecule has 4 aromatic rings. The van der Waals surface area contributed by atoms with E-state index >= 15 is 0 Å². The molecule has 0 radical (unpaired) electrons. The average molecular weight is 354 g/mol. The highest BCUT2D eigenvalue weighted by molar-refractivity contribution is 7.99. The third-order valence-corrected chi connectivity index (χ3v) is 4.56. The van der Waals surface area contributed by atoms with Crippen LogP contribution in [0.4, 0.5) is 0 Å². The molecule has 25 heavy (non-hydrogen) atoms. The molecule has 4 rings (SSSR count). The Hall–Kier alpha value is -2.94. The molecule has 8 nitrogen and oxygen atoms in total. The summed E-state index contributed by atoms with van der Waals surface area (Å²) >= 11 is 1.40. The highest BCUT2D eigenvalue weighted by atomic mass is 32.2. The largest absolute Gasteiger partial charge is 0.469 e. The van der Waals surface area contributed by atoms with Crippen LogP contribution in [0.2, 0.25) is 0 Å². The van der Waals surface area contributed by atoms with E-state index in [1.54, 1.807) is 17.0 Å². The van der Waals surface area contributed by atoms with Crippen molar-refractivity contribution in [3.05, 3.63) is 54.2 Å². The molecule has 0 amide bonds. The van der Waals surface area contributed by atoms with Gasteiger partial charge in [0.1, 0.15) is 5.76 Å². The molecule has 0 aliphatic heterocycles. The van der Waals surface area contributed by atoms with E-state index in [0.717, 1.165) is 17.0 Å². The summed E-state index contributed by atoms with van der Waals surface area (Å²) in [6.45, 7) is 3.84. The van der Waals surface area contributed by atoms with Crippen molar-refractivity contribution in [2.75, 3.05) is 0 Å². The molecule has 3 heterocycles. The first kappa shape index (κ1) is 15.6. The number of rotatable bonds is 5. The molecular weight excluding hydrogens is 340 g/mol. The van der Waals surface area contributed by atoms with Crippen molar-refractivity contribution in [3.8, 4) is 17.1 Å². The normalized spacial score (nSPS) is 12.4. The molecule has 0 saturated carbocycles. The van der Waals surface area contributed by atoms with Crippen LogP contribution in [-0.2, 0) is 0 Å². The Morgan fingerprint density at radius 1 is 1.08 bits per heavy atom. The number of hydrogen-bond donors (Lipinski definition) is 0. The van der Waals surface area contributed by atoms with Crippen LogP contribution in [0, 0.1) is 6.92 Å². The highest BCUT2D eigenvalue weighted by Crippen LogP contribution is 2.35. The van der Waals surface area contributed by atoms with Crippen molar-refractivity contribution < 1.29 is 8.83 Å². The Labute approximate surface area is 147 Å². The molecule has 1 aromatic carbocycles. The second kappa shape index (κ2) is 6.52. The summed E-state index contributed by atoms with van der Waals surface area (Å²) in [6.07, 6.45) is 1.60. The van der Waals surface area contributed by atoms with Crippen LogP contribution < -0.4 is 0 Å². The van der Waals surface area contributed by atoms with Gasteiger partial charge in [-0.15, -0.1) is 15.3 Å². The van der Waals surface area contributed by atoms with Crippen molar-refractivity contribution >= 4 is 11.8 Å². The Morgan fingerprint density at radius 2 is 1.92 bits per heavy atom. The highest BCUT2D eigenvalue weighted by Gasteiger charge is 2.21. The first-order valence-electron chi connectivity index (χ1n) is 7.60. The topological polar surface area (TPSA) is 95.7 Å². The summed E-state index contributed by atoms with van der Waals surface area (Å²) in [5.74, 6) is 1.88. The third-order valence-electron chi connectivity index (χ3n) is 3.63. The number of furan rings is 1. The molecule has 0 bridgehead atoms. The smallest absolute Gasteiger partial charge is 0.277 e. The summed E-state index contributed by atoms with van der Waals surface area (Å²) in [4.78, 5) is 0. The lowest BCUT2D eigenvalue weighted by Crippen LogP contribution is -2.04. The predicted octanol–water partition coefficient (Wildman–Crippen LogP) is 3.47. The van der Waals surface area contributed by atoms with Crippen LogP contribution in [0.15, 0.2) is 56.7 Å². The van der Waals surface area contributed by atoms with Crippen molar-refractivity contribution in [1.82, 2.24) is 30.4 Å². The van der Waals surface area contributed by atoms with Crippen LogP contribution in [-0.4, -0.2) is 30.4 Å². The molecule has 0 spiro atoms. The molecular formula is C16H14N6O2S. The van der Waals surface area contributed by atoms with E-state index in [9.17, 15) is 0 Å². The minimum absolute atomic E-state index is 0.0750. The molecule has 0 saturated heterocycles. The fourth-order valence-electron chi connectivity index (χ4n) is 2.38. The van der Waals surface area contributed by atoms with Crippen molar-refractivity contribution in [1.29, 1.82) is 0 Å². The van der Waals surface area contributed by atoms with Crippen LogP contribution in [0.3, 0.4) is 0 Å². The minimum Gasteiger partial charge on any atom is -0.469 e. The molecule has 0 fully saturated rings. The fourth-order valence-corrected chi connectivity index (χ4v) is 3.15. The summed E-state index contributed by atoms with van der Waals surface area (Å²) in [6, 6.07) is 11.5. The fraction of sp³-hybridized carbons (Fsp3) is 0.188. The number of tetrazole rings is 1. The lowest BCUT2D eigenvalue weighted by Gasteiger charge is -2.08. The number of benzene rings is 1. The van der Waals surface area contributed by atoms with Gasteiger partial charge in [0.15, 0.2) is 5.82 Å². The van der Waals surface area contributed by atoms with Gasteiger partial charge in [-0.3, -0.25) is 0 Å². The molecule has 0 N–H and O–H groups in total. The van der Waals surface area contributed by atoms with E-state index in [1.165, 1.54) is 11.8 Å². The van der Waals surface area contributed by atoms with Gasteiger partial charge < -0.3 is 8.83 Å². The van der Waals surface area contributed by atoms with Crippen LogP contribution in [0.1, 0.15) is 23.8 Å². The lowest BCUT2D eigenvalue weighted by atomic mass is 10.3. The Kier molecular flexibility index (Phi) is 4.06. The zero-order chi connectivity index (χ0) is 17.2. The van der Waals surface area contributed by atoms with Crippen molar-refractivity contribution in [3.63, 3.8) is 0 Å². The summed E-state index contributed by atoms with van der Waals surface area (Å²) in [5, 5.41) is 20.5. The molecule has 3 aromatic heterocycles. The van der Waals surface area contributed by atoms with Gasteiger partial charge in [0.2, 0.25) is 0 Å². The van der Waals surface area contributed by atoms with Crippen molar-refractivity contribution in [2.45, 2.75) is 24.3 Å². The maximum Gasteiger partial charge on any atom is 0.277 e. The molecule has 0 aliphatic carbocycles. The number of thioether (sulfide) groups is 1. The van der Waals surface area contributed by atoms with Gasteiger partial charge in [-0.2, -0.15) is 4.68 Å². The third kappa shape index (κ3) is 3.05. The van der Waals surface area contributed by atoms with Gasteiger partial charge in [0, 0.05) is 0 Å². The summed E-state index contributed by atoms with van der Waals surface area (Å²) in [7, 11) is 0. The summed E-state index contributed by atoms with van der Waals surface area (Å²) in [5.41, 5.74) is 1.69. The predicted molar refractivity (Wildman–Crippen MR) is 90.2 cm³/mol. The monoisotopic (exact) mass is 354 g/mol. The standard InChI is InChI=1S/C16H14N6O2S/c1-10-13(8-9-23-10)15-18-19-16(24-15)25-11(2)14-17-20-21-22(14)12-6-4-3-5-7-12/h3-9,11H,1-2H3/t11-/m1/s1. The van der Waals surface area contributed by atoms with Crippen LogP contribution in [0.25, 0.3) is 17.1 Å². The number of para-hydroxylation sites is 1. The van der Waals surface area contributed by atoms with Gasteiger partial charge in [-0.1, -0.05) is 30.0 Å². The molecule has 1 atom stereocenters. The number of hydrogen-bond acceptors (Lipinski definition) is 8. The maximum atomic E-state index is 5.73. The molecule has 0 unspecified atom stereocenters. The van der Waals surface area contributed by atoms with E-state index in [4.69, 9.17) is 8.83 Å². The van der Waals surface area contributed by atoms with Gasteiger partial charge in [0.25, 0.3) is 11.1 Å². The van der Waals surface area contributed by atoms with E-state index in [2.05, 4.69) is 25.7 Å². The van der Waals surface area contributed by atoms with Crippen LogP contribution in [0.5, 0.6) is 0 Å². The SMILES string of the molecule is Cc1occc1-c1nnc(S[C@H](C)c2nnnn2-c2ccccc2)o1. The van der Waals surface area contributed by atoms with Gasteiger partial charge in [-0.25, -0.2) is 0 Å². The van der Waals surface area contributed by atoms with E-state index in [1.807, 2.05) is 44.2 Å². The zero-order valence-electron chi connectivity index (χ0n) is 13.5. The van der Waals surface area contributed by atoms with Crippen molar-refractivity contribution in [2.24, 2.45) is 0 Å². The minimum atomic E-state index is -0.0750. The molecule has 126 valence electrons.